The maximum absolute atomic E-state index is 12.6. The Kier molecular flexibility index (Phi) is 5.37. The van der Waals surface area contributed by atoms with Crippen LogP contribution < -0.4 is 10.1 Å². The first kappa shape index (κ1) is 17.7. The molecule has 0 radical (unpaired) electrons. The molecule has 3 rings (SSSR count). The number of carbonyl (C=O) groups is 1. The Labute approximate surface area is 153 Å². The Morgan fingerprint density at radius 1 is 1.12 bits per heavy atom. The fourth-order valence-corrected chi connectivity index (χ4v) is 2.67. The molecule has 0 unspecified atom stereocenters. The van der Waals surface area contributed by atoms with E-state index in [1.807, 2.05) is 63.2 Å². The number of aromatic nitrogens is 1. The molecular weight excluding hydrogens is 328 g/mol. The summed E-state index contributed by atoms with van der Waals surface area (Å²) in [5.74, 6) is 1.11. The van der Waals surface area contributed by atoms with Crippen molar-refractivity contribution in [1.29, 1.82) is 0 Å². The van der Waals surface area contributed by atoms with Crippen molar-refractivity contribution in [3.05, 3.63) is 82.2 Å². The van der Waals surface area contributed by atoms with Crippen molar-refractivity contribution in [2.75, 3.05) is 0 Å². The van der Waals surface area contributed by atoms with Crippen LogP contribution in [0.2, 0.25) is 0 Å². The SMILES string of the molecule is Cc1ccc(C(=O)NCc2ccccc2)c(OCc2c(C)noc2C)c1. The van der Waals surface area contributed by atoms with Crippen LogP contribution in [-0.4, -0.2) is 11.1 Å². The van der Waals surface area contributed by atoms with Crippen molar-refractivity contribution >= 4 is 5.91 Å². The summed E-state index contributed by atoms with van der Waals surface area (Å²) < 4.78 is 11.1. The highest BCUT2D eigenvalue weighted by molar-refractivity contribution is 5.97. The average Bonchev–Trinajstić information content (AvgIpc) is 2.97. The third-order valence-electron chi connectivity index (χ3n) is 4.23. The van der Waals surface area contributed by atoms with E-state index < -0.39 is 0 Å². The molecule has 2 aromatic carbocycles. The van der Waals surface area contributed by atoms with Crippen LogP contribution in [0, 0.1) is 20.8 Å². The second kappa shape index (κ2) is 7.87. The van der Waals surface area contributed by atoms with Gasteiger partial charge in [-0.25, -0.2) is 0 Å². The van der Waals surface area contributed by atoms with Gasteiger partial charge in [-0.05, 0) is 44.0 Å². The number of ether oxygens (including phenoxy) is 1. The Morgan fingerprint density at radius 3 is 2.58 bits per heavy atom. The first-order valence-corrected chi connectivity index (χ1v) is 8.52. The van der Waals surface area contributed by atoms with Gasteiger partial charge in [0.2, 0.25) is 0 Å². The van der Waals surface area contributed by atoms with E-state index in [1.54, 1.807) is 6.07 Å². The second-order valence-electron chi connectivity index (χ2n) is 6.26. The molecule has 0 bridgehead atoms. The predicted octanol–water partition coefficient (Wildman–Crippen LogP) is 4.11. The summed E-state index contributed by atoms with van der Waals surface area (Å²) in [5.41, 5.74) is 4.29. The van der Waals surface area contributed by atoms with Crippen LogP contribution >= 0.6 is 0 Å². The van der Waals surface area contributed by atoms with E-state index in [-0.39, 0.29) is 5.91 Å². The number of amides is 1. The standard InChI is InChI=1S/C21H22N2O3/c1-14-9-10-18(21(24)22-12-17-7-5-4-6-8-17)20(11-14)25-13-19-15(2)23-26-16(19)3/h4-11H,12-13H2,1-3H3,(H,22,24). The molecule has 5 nitrogen and oxygen atoms in total. The van der Waals surface area contributed by atoms with Crippen LogP contribution in [0.4, 0.5) is 0 Å². The quantitative estimate of drug-likeness (QED) is 0.727. The first-order valence-electron chi connectivity index (χ1n) is 8.52. The highest BCUT2D eigenvalue weighted by Gasteiger charge is 2.15. The molecular formula is C21H22N2O3. The summed E-state index contributed by atoms with van der Waals surface area (Å²) in [6.45, 7) is 6.47. The third kappa shape index (κ3) is 4.11. The number of aryl methyl sites for hydroxylation is 3. The average molecular weight is 350 g/mol. The maximum Gasteiger partial charge on any atom is 0.255 e. The Hall–Kier alpha value is -3.08. The van der Waals surface area contributed by atoms with Gasteiger partial charge in [-0.2, -0.15) is 0 Å². The number of carbonyl (C=O) groups excluding carboxylic acids is 1. The van der Waals surface area contributed by atoms with Gasteiger partial charge in [0.25, 0.3) is 5.91 Å². The summed E-state index contributed by atoms with van der Waals surface area (Å²) in [7, 11) is 0. The molecule has 1 heterocycles. The minimum Gasteiger partial charge on any atom is -0.488 e. The van der Waals surface area contributed by atoms with Crippen molar-refractivity contribution in [3.63, 3.8) is 0 Å². The van der Waals surface area contributed by atoms with Crippen LogP contribution in [0.5, 0.6) is 5.75 Å². The van der Waals surface area contributed by atoms with Crippen molar-refractivity contribution in [3.8, 4) is 5.75 Å². The third-order valence-corrected chi connectivity index (χ3v) is 4.23. The molecule has 5 heteroatoms. The van der Waals surface area contributed by atoms with Gasteiger partial charge in [0.15, 0.2) is 0 Å². The molecule has 0 fully saturated rings. The number of nitrogens with one attached hydrogen (secondary N) is 1. The molecule has 0 spiro atoms. The van der Waals surface area contributed by atoms with E-state index in [4.69, 9.17) is 9.26 Å². The zero-order chi connectivity index (χ0) is 18.5. The van der Waals surface area contributed by atoms with E-state index in [2.05, 4.69) is 10.5 Å². The molecule has 26 heavy (non-hydrogen) atoms. The van der Waals surface area contributed by atoms with Gasteiger partial charge in [-0.3, -0.25) is 4.79 Å². The number of hydrogen-bond acceptors (Lipinski definition) is 4. The van der Waals surface area contributed by atoms with Crippen molar-refractivity contribution in [2.24, 2.45) is 0 Å². The molecule has 0 aliphatic rings. The van der Waals surface area contributed by atoms with Crippen LogP contribution in [0.1, 0.15) is 38.5 Å². The smallest absolute Gasteiger partial charge is 0.255 e. The topological polar surface area (TPSA) is 64.4 Å². The Balaban J connectivity index is 1.73. The lowest BCUT2D eigenvalue weighted by Crippen LogP contribution is -2.23. The normalized spacial score (nSPS) is 10.6. The van der Waals surface area contributed by atoms with Gasteiger partial charge >= 0.3 is 0 Å². The number of rotatable bonds is 6. The predicted molar refractivity (Wildman–Crippen MR) is 99.1 cm³/mol. The molecule has 0 aliphatic heterocycles. The number of benzene rings is 2. The van der Waals surface area contributed by atoms with Gasteiger partial charge in [0.05, 0.1) is 16.8 Å². The lowest BCUT2D eigenvalue weighted by atomic mass is 10.1. The van der Waals surface area contributed by atoms with E-state index in [0.29, 0.717) is 24.5 Å². The van der Waals surface area contributed by atoms with Gasteiger partial charge < -0.3 is 14.6 Å². The minimum absolute atomic E-state index is 0.164. The summed E-state index contributed by atoms with van der Waals surface area (Å²) in [5, 5.41) is 6.87. The molecule has 0 atom stereocenters. The molecule has 1 amide bonds. The lowest BCUT2D eigenvalue weighted by molar-refractivity contribution is 0.0946. The van der Waals surface area contributed by atoms with E-state index >= 15 is 0 Å². The highest BCUT2D eigenvalue weighted by atomic mass is 16.5. The zero-order valence-electron chi connectivity index (χ0n) is 15.2. The van der Waals surface area contributed by atoms with Crippen LogP contribution in [-0.2, 0) is 13.2 Å². The van der Waals surface area contributed by atoms with Gasteiger partial charge in [-0.15, -0.1) is 0 Å². The molecule has 3 aromatic rings. The van der Waals surface area contributed by atoms with Crippen molar-refractivity contribution in [1.82, 2.24) is 10.5 Å². The monoisotopic (exact) mass is 350 g/mol. The number of hydrogen-bond donors (Lipinski definition) is 1. The van der Waals surface area contributed by atoms with E-state index in [0.717, 1.165) is 28.1 Å². The maximum atomic E-state index is 12.6. The summed E-state index contributed by atoms with van der Waals surface area (Å²) in [6, 6.07) is 15.4. The zero-order valence-corrected chi connectivity index (χ0v) is 15.2. The summed E-state index contributed by atoms with van der Waals surface area (Å²) in [4.78, 5) is 12.6. The summed E-state index contributed by atoms with van der Waals surface area (Å²) >= 11 is 0. The van der Waals surface area contributed by atoms with Crippen molar-refractivity contribution in [2.45, 2.75) is 33.9 Å². The minimum atomic E-state index is -0.164. The van der Waals surface area contributed by atoms with Gasteiger partial charge in [0.1, 0.15) is 18.1 Å². The molecule has 134 valence electrons. The van der Waals surface area contributed by atoms with Crippen LogP contribution in [0.15, 0.2) is 53.1 Å². The fraction of sp³-hybridized carbons (Fsp3) is 0.238. The fourth-order valence-electron chi connectivity index (χ4n) is 2.67. The second-order valence-corrected chi connectivity index (χ2v) is 6.26. The molecule has 0 saturated heterocycles. The lowest BCUT2D eigenvalue weighted by Gasteiger charge is -2.13. The van der Waals surface area contributed by atoms with Gasteiger partial charge in [0, 0.05) is 6.54 Å². The first-order chi connectivity index (χ1) is 12.5. The van der Waals surface area contributed by atoms with E-state index in [9.17, 15) is 4.79 Å². The Bertz CT molecular complexity index is 881. The van der Waals surface area contributed by atoms with Crippen LogP contribution in [0.25, 0.3) is 0 Å². The Morgan fingerprint density at radius 2 is 1.88 bits per heavy atom. The van der Waals surface area contributed by atoms with Crippen LogP contribution in [0.3, 0.4) is 0 Å². The van der Waals surface area contributed by atoms with Gasteiger partial charge in [-0.1, -0.05) is 41.6 Å². The molecule has 0 aliphatic carbocycles. The number of nitrogens with zero attached hydrogens (tertiary/aromatic N) is 1. The molecule has 1 aromatic heterocycles. The molecule has 0 saturated carbocycles. The largest absolute Gasteiger partial charge is 0.488 e. The summed E-state index contributed by atoms with van der Waals surface area (Å²) in [6.07, 6.45) is 0. The van der Waals surface area contributed by atoms with E-state index in [1.165, 1.54) is 0 Å². The highest BCUT2D eigenvalue weighted by Crippen LogP contribution is 2.23. The molecule has 1 N–H and O–H groups in total. The van der Waals surface area contributed by atoms with Crippen molar-refractivity contribution < 1.29 is 14.1 Å².